The first-order valence-electron chi connectivity index (χ1n) is 9.11. The fraction of sp³-hybridized carbons (Fsp3) is 0.333. The summed E-state index contributed by atoms with van der Waals surface area (Å²) in [6.07, 6.45) is -0.379. The van der Waals surface area contributed by atoms with Crippen LogP contribution in [0.4, 0.5) is 10.5 Å². The molecule has 1 heterocycles. The second-order valence-corrected chi connectivity index (χ2v) is 6.55. The van der Waals surface area contributed by atoms with Gasteiger partial charge >= 0.3 is 12.0 Å². The minimum atomic E-state index is -0.446. The van der Waals surface area contributed by atoms with E-state index in [4.69, 9.17) is 18.9 Å². The number of methoxy groups -OCH3 is 3. The molecule has 2 amide bonds. The van der Waals surface area contributed by atoms with Gasteiger partial charge in [-0.3, -0.25) is 0 Å². The SMILES string of the molecule is COCC1CN(C(=O)Nc2ccc(OC)cc2)Cc2ccc(C(=O)OC)cc2O1. The van der Waals surface area contributed by atoms with Crippen molar-refractivity contribution in [3.63, 3.8) is 0 Å². The normalized spacial score (nSPS) is 15.6. The number of carbonyl (C=O) groups excluding carboxylic acids is 2. The average Bonchev–Trinajstić information content (AvgIpc) is 2.92. The van der Waals surface area contributed by atoms with Gasteiger partial charge in [-0.15, -0.1) is 0 Å². The number of ether oxygens (including phenoxy) is 4. The maximum atomic E-state index is 12.9. The fourth-order valence-electron chi connectivity index (χ4n) is 3.08. The molecule has 3 rings (SSSR count). The molecule has 0 radical (unpaired) electrons. The summed E-state index contributed by atoms with van der Waals surface area (Å²) in [5, 5.41) is 2.88. The predicted octanol–water partition coefficient (Wildman–Crippen LogP) is 2.92. The first kappa shape index (κ1) is 20.5. The molecule has 0 saturated carbocycles. The van der Waals surface area contributed by atoms with E-state index < -0.39 is 5.97 Å². The van der Waals surface area contributed by atoms with Gasteiger partial charge in [0.05, 0.1) is 39.5 Å². The standard InChI is InChI=1S/C21H24N2O6/c1-26-13-18-12-23(21(25)22-16-6-8-17(27-2)9-7-16)11-15-5-4-14(20(24)28-3)10-19(15)29-18/h4-10,18H,11-13H2,1-3H3,(H,22,25). The lowest BCUT2D eigenvalue weighted by Crippen LogP contribution is -2.41. The highest BCUT2D eigenvalue weighted by molar-refractivity contribution is 5.90. The molecule has 0 aliphatic carbocycles. The van der Waals surface area contributed by atoms with Crippen LogP contribution in [0.3, 0.4) is 0 Å². The van der Waals surface area contributed by atoms with Crippen molar-refractivity contribution >= 4 is 17.7 Å². The third-order valence-electron chi connectivity index (χ3n) is 4.55. The van der Waals surface area contributed by atoms with Crippen molar-refractivity contribution in [2.75, 3.05) is 39.8 Å². The molecule has 0 spiro atoms. The van der Waals surface area contributed by atoms with Gasteiger partial charge in [-0.2, -0.15) is 0 Å². The van der Waals surface area contributed by atoms with Crippen molar-refractivity contribution in [2.24, 2.45) is 0 Å². The van der Waals surface area contributed by atoms with Crippen LogP contribution in [-0.4, -0.2) is 57.5 Å². The van der Waals surface area contributed by atoms with E-state index in [2.05, 4.69) is 5.32 Å². The molecule has 1 aliphatic heterocycles. The van der Waals surface area contributed by atoms with Gasteiger partial charge in [0.2, 0.25) is 0 Å². The lowest BCUT2D eigenvalue weighted by molar-refractivity contribution is 0.0596. The van der Waals surface area contributed by atoms with Gasteiger partial charge < -0.3 is 29.2 Å². The second-order valence-electron chi connectivity index (χ2n) is 6.55. The molecule has 1 N–H and O–H groups in total. The first-order chi connectivity index (χ1) is 14.0. The third kappa shape index (κ3) is 4.97. The Kier molecular flexibility index (Phi) is 6.56. The molecule has 0 saturated heterocycles. The molecule has 29 heavy (non-hydrogen) atoms. The number of nitrogens with one attached hydrogen (secondary N) is 1. The summed E-state index contributed by atoms with van der Waals surface area (Å²) in [6, 6.07) is 11.9. The first-order valence-corrected chi connectivity index (χ1v) is 9.11. The Hall–Kier alpha value is -3.26. The Labute approximate surface area is 169 Å². The Bertz CT molecular complexity index is 868. The number of hydrogen-bond acceptors (Lipinski definition) is 6. The zero-order chi connectivity index (χ0) is 20.8. The van der Waals surface area contributed by atoms with E-state index >= 15 is 0 Å². The number of hydrogen-bond donors (Lipinski definition) is 1. The molecule has 8 heteroatoms. The predicted molar refractivity (Wildman–Crippen MR) is 106 cm³/mol. The molecule has 1 atom stereocenters. The minimum Gasteiger partial charge on any atom is -0.497 e. The third-order valence-corrected chi connectivity index (χ3v) is 4.55. The molecular weight excluding hydrogens is 376 g/mol. The van der Waals surface area contributed by atoms with Gasteiger partial charge in [-0.1, -0.05) is 6.07 Å². The molecule has 1 unspecified atom stereocenters. The van der Waals surface area contributed by atoms with Crippen molar-refractivity contribution in [3.05, 3.63) is 53.6 Å². The summed E-state index contributed by atoms with van der Waals surface area (Å²) in [7, 11) is 4.49. The summed E-state index contributed by atoms with van der Waals surface area (Å²) in [5.74, 6) is 0.800. The van der Waals surface area contributed by atoms with Crippen molar-refractivity contribution in [2.45, 2.75) is 12.6 Å². The van der Waals surface area contributed by atoms with Gasteiger partial charge in [0.15, 0.2) is 0 Å². The number of benzene rings is 2. The zero-order valence-electron chi connectivity index (χ0n) is 16.6. The summed E-state index contributed by atoms with van der Waals surface area (Å²) >= 11 is 0. The molecule has 0 bridgehead atoms. The van der Waals surface area contributed by atoms with Crippen LogP contribution in [0, 0.1) is 0 Å². The number of urea groups is 1. The fourth-order valence-corrected chi connectivity index (χ4v) is 3.08. The van der Waals surface area contributed by atoms with E-state index in [0.29, 0.717) is 42.4 Å². The maximum absolute atomic E-state index is 12.9. The molecule has 0 fully saturated rings. The molecule has 2 aromatic carbocycles. The van der Waals surface area contributed by atoms with Gasteiger partial charge in [0.25, 0.3) is 0 Å². The second kappa shape index (κ2) is 9.29. The largest absolute Gasteiger partial charge is 0.497 e. The molecular formula is C21H24N2O6. The van der Waals surface area contributed by atoms with Crippen LogP contribution in [0.1, 0.15) is 15.9 Å². The zero-order valence-corrected chi connectivity index (χ0v) is 16.6. The van der Waals surface area contributed by atoms with Gasteiger partial charge in [0, 0.05) is 18.4 Å². The highest BCUT2D eigenvalue weighted by Crippen LogP contribution is 2.27. The lowest BCUT2D eigenvalue weighted by Gasteiger charge is -2.24. The topological polar surface area (TPSA) is 86.3 Å². The highest BCUT2D eigenvalue weighted by Gasteiger charge is 2.27. The van der Waals surface area contributed by atoms with Crippen LogP contribution in [0.5, 0.6) is 11.5 Å². The summed E-state index contributed by atoms with van der Waals surface area (Å²) in [4.78, 5) is 26.3. The molecule has 154 valence electrons. The van der Waals surface area contributed by atoms with E-state index in [1.807, 2.05) is 0 Å². The molecule has 8 nitrogen and oxygen atoms in total. The lowest BCUT2D eigenvalue weighted by atomic mass is 10.1. The molecule has 1 aliphatic rings. The number of amides is 2. The summed E-state index contributed by atoms with van der Waals surface area (Å²) < 4.78 is 21.2. The Morgan fingerprint density at radius 1 is 1.14 bits per heavy atom. The number of nitrogens with zero attached hydrogens (tertiary/aromatic N) is 1. The number of esters is 1. The molecule has 0 aromatic heterocycles. The average molecular weight is 400 g/mol. The maximum Gasteiger partial charge on any atom is 0.337 e. The summed E-state index contributed by atoms with van der Waals surface area (Å²) in [6.45, 7) is 0.964. The van der Waals surface area contributed by atoms with Crippen molar-refractivity contribution in [1.82, 2.24) is 4.90 Å². The van der Waals surface area contributed by atoms with Crippen molar-refractivity contribution in [1.29, 1.82) is 0 Å². The quantitative estimate of drug-likeness (QED) is 0.777. The van der Waals surface area contributed by atoms with Crippen molar-refractivity contribution in [3.8, 4) is 11.5 Å². The Morgan fingerprint density at radius 3 is 2.55 bits per heavy atom. The summed E-state index contributed by atoms with van der Waals surface area (Å²) in [5.41, 5.74) is 1.84. The number of anilines is 1. The van der Waals surface area contributed by atoms with E-state index in [1.165, 1.54) is 7.11 Å². The number of carbonyl (C=O) groups is 2. The highest BCUT2D eigenvalue weighted by atomic mass is 16.5. The Balaban J connectivity index is 1.81. The Morgan fingerprint density at radius 2 is 1.90 bits per heavy atom. The van der Waals surface area contributed by atoms with Gasteiger partial charge in [-0.05, 0) is 36.4 Å². The van der Waals surface area contributed by atoms with E-state index in [-0.39, 0.29) is 12.1 Å². The van der Waals surface area contributed by atoms with Gasteiger partial charge in [0.1, 0.15) is 17.6 Å². The number of fused-ring (bicyclic) bond motifs is 1. The van der Waals surface area contributed by atoms with E-state index in [0.717, 1.165) is 5.56 Å². The van der Waals surface area contributed by atoms with Crippen LogP contribution in [-0.2, 0) is 16.0 Å². The van der Waals surface area contributed by atoms with Crippen LogP contribution >= 0.6 is 0 Å². The number of rotatable bonds is 5. The minimum absolute atomic E-state index is 0.259. The smallest absolute Gasteiger partial charge is 0.337 e. The van der Waals surface area contributed by atoms with E-state index in [1.54, 1.807) is 61.6 Å². The van der Waals surface area contributed by atoms with Crippen LogP contribution in [0.25, 0.3) is 0 Å². The van der Waals surface area contributed by atoms with Crippen molar-refractivity contribution < 1.29 is 28.5 Å². The monoisotopic (exact) mass is 400 g/mol. The van der Waals surface area contributed by atoms with Gasteiger partial charge in [-0.25, -0.2) is 9.59 Å². The molecule has 2 aromatic rings. The van der Waals surface area contributed by atoms with E-state index in [9.17, 15) is 9.59 Å². The van der Waals surface area contributed by atoms with Crippen LogP contribution < -0.4 is 14.8 Å². The van der Waals surface area contributed by atoms with Crippen LogP contribution in [0.15, 0.2) is 42.5 Å². The van der Waals surface area contributed by atoms with Crippen LogP contribution in [0.2, 0.25) is 0 Å².